The number of benzene rings is 3. The van der Waals surface area contributed by atoms with Crippen LogP contribution in [0.2, 0.25) is 0 Å². The van der Waals surface area contributed by atoms with Gasteiger partial charge in [0.25, 0.3) is 0 Å². The highest BCUT2D eigenvalue weighted by atomic mass is 32.2. The third kappa shape index (κ3) is 6.28. The van der Waals surface area contributed by atoms with Crippen LogP contribution in [0.1, 0.15) is 55.5 Å². The zero-order valence-electron chi connectivity index (χ0n) is 21.8. The molecule has 4 rings (SSSR count). The van der Waals surface area contributed by atoms with E-state index in [0.29, 0.717) is 12.2 Å². The molecule has 37 heavy (non-hydrogen) atoms. The van der Waals surface area contributed by atoms with Crippen LogP contribution in [0.3, 0.4) is 0 Å². The fraction of sp³-hybridized carbons (Fsp3) is 0.367. The van der Waals surface area contributed by atoms with E-state index in [1.165, 1.54) is 9.87 Å². The molecule has 0 radical (unpaired) electrons. The molecule has 3 aromatic rings. The van der Waals surface area contributed by atoms with E-state index in [4.69, 9.17) is 0 Å². The lowest BCUT2D eigenvalue weighted by Crippen LogP contribution is -2.49. The van der Waals surface area contributed by atoms with Crippen LogP contribution in [0.15, 0.2) is 83.8 Å². The molecule has 196 valence electrons. The Balaban J connectivity index is 1.64. The highest BCUT2D eigenvalue weighted by Crippen LogP contribution is 2.43. The Morgan fingerprint density at radius 3 is 2.16 bits per heavy atom. The second kappa shape index (κ2) is 11.0. The Morgan fingerprint density at radius 2 is 1.59 bits per heavy atom. The summed E-state index contributed by atoms with van der Waals surface area (Å²) in [6.07, 6.45) is 0.427. The number of nitrogens with zero attached hydrogens (tertiary/aromatic N) is 1. The Bertz CT molecular complexity index is 1310. The molecule has 3 aromatic carbocycles. The first-order valence-electron chi connectivity index (χ1n) is 12.5. The molecule has 0 bridgehead atoms. The summed E-state index contributed by atoms with van der Waals surface area (Å²) in [5, 5.41) is 9.92. The van der Waals surface area contributed by atoms with E-state index in [9.17, 15) is 18.3 Å². The maximum absolute atomic E-state index is 13.7. The third-order valence-electron chi connectivity index (χ3n) is 7.04. The van der Waals surface area contributed by atoms with E-state index in [-0.39, 0.29) is 22.1 Å². The molecule has 1 heterocycles. The fourth-order valence-electron chi connectivity index (χ4n) is 4.75. The number of carboxylic acids is 1. The van der Waals surface area contributed by atoms with Crippen molar-refractivity contribution in [1.82, 2.24) is 4.31 Å². The summed E-state index contributed by atoms with van der Waals surface area (Å²) >= 11 is 1.61. The molecule has 1 N–H and O–H groups in total. The maximum atomic E-state index is 13.7. The molecule has 1 fully saturated rings. The van der Waals surface area contributed by atoms with Crippen molar-refractivity contribution < 1.29 is 18.3 Å². The summed E-state index contributed by atoms with van der Waals surface area (Å²) < 4.78 is 28.9. The van der Waals surface area contributed by atoms with Gasteiger partial charge in [-0.05, 0) is 47.6 Å². The van der Waals surface area contributed by atoms with Gasteiger partial charge in [-0.25, -0.2) is 8.42 Å². The monoisotopic (exact) mass is 537 g/mol. The number of thioether (sulfide) groups is 1. The van der Waals surface area contributed by atoms with Gasteiger partial charge in [-0.1, -0.05) is 93.1 Å². The van der Waals surface area contributed by atoms with E-state index in [1.807, 2.05) is 31.2 Å². The molecule has 0 aromatic heterocycles. The van der Waals surface area contributed by atoms with Gasteiger partial charge in [0.1, 0.15) is 0 Å². The van der Waals surface area contributed by atoms with Crippen molar-refractivity contribution in [1.29, 1.82) is 0 Å². The second-order valence-corrected chi connectivity index (χ2v) is 13.9. The molecule has 3 atom stereocenters. The second-order valence-electron chi connectivity index (χ2n) is 10.8. The minimum Gasteiger partial charge on any atom is -0.481 e. The van der Waals surface area contributed by atoms with Gasteiger partial charge in [-0.15, -0.1) is 0 Å². The first-order valence-corrected chi connectivity index (χ1v) is 15.0. The smallest absolute Gasteiger partial charge is 0.308 e. The highest BCUT2D eigenvalue weighted by Gasteiger charge is 2.45. The van der Waals surface area contributed by atoms with E-state index >= 15 is 0 Å². The minimum absolute atomic E-state index is 0.0638. The quantitative estimate of drug-likeness (QED) is 0.376. The van der Waals surface area contributed by atoms with Gasteiger partial charge in [-0.2, -0.15) is 16.1 Å². The largest absolute Gasteiger partial charge is 0.481 e. The van der Waals surface area contributed by atoms with Gasteiger partial charge < -0.3 is 5.11 Å². The average molecular weight is 538 g/mol. The molecule has 1 aliphatic rings. The molecule has 0 saturated carbocycles. The lowest BCUT2D eigenvalue weighted by molar-refractivity contribution is -0.143. The molecule has 0 spiro atoms. The Hall–Kier alpha value is -2.61. The van der Waals surface area contributed by atoms with E-state index in [2.05, 4.69) is 45.0 Å². The summed E-state index contributed by atoms with van der Waals surface area (Å²) in [6.45, 7) is 8.46. The van der Waals surface area contributed by atoms with E-state index < -0.39 is 28.0 Å². The van der Waals surface area contributed by atoms with Crippen LogP contribution >= 0.6 is 11.8 Å². The Kier molecular flexibility index (Phi) is 8.17. The Labute approximate surface area is 225 Å². The summed E-state index contributed by atoms with van der Waals surface area (Å²) in [4.78, 5) is 12.6. The van der Waals surface area contributed by atoms with Gasteiger partial charge in [0.2, 0.25) is 10.0 Å². The molecule has 0 aliphatic carbocycles. The first-order chi connectivity index (χ1) is 17.5. The number of carboxylic acid groups (broad SMARTS) is 1. The lowest BCUT2D eigenvalue weighted by atomic mass is 9.87. The fourth-order valence-corrected chi connectivity index (χ4v) is 7.77. The van der Waals surface area contributed by atoms with Crippen LogP contribution < -0.4 is 0 Å². The zero-order valence-corrected chi connectivity index (χ0v) is 23.4. The topological polar surface area (TPSA) is 74.7 Å². The van der Waals surface area contributed by atoms with Crippen molar-refractivity contribution in [3.63, 3.8) is 0 Å². The van der Waals surface area contributed by atoms with Crippen molar-refractivity contribution in [2.24, 2.45) is 5.92 Å². The van der Waals surface area contributed by atoms with Crippen molar-refractivity contribution in [3.05, 3.63) is 101 Å². The number of aryl methyl sites for hydroxylation is 1. The van der Waals surface area contributed by atoms with Crippen LogP contribution in [0, 0.1) is 12.8 Å². The van der Waals surface area contributed by atoms with Crippen molar-refractivity contribution in [2.75, 3.05) is 6.54 Å². The van der Waals surface area contributed by atoms with Crippen LogP contribution in [0.25, 0.3) is 0 Å². The zero-order chi connectivity index (χ0) is 26.8. The number of rotatable bonds is 7. The summed E-state index contributed by atoms with van der Waals surface area (Å²) in [5.74, 6) is -1.10. The predicted octanol–water partition coefficient (Wildman–Crippen LogP) is 6.43. The molecule has 1 saturated heterocycles. The van der Waals surface area contributed by atoms with E-state index in [0.717, 1.165) is 16.7 Å². The van der Waals surface area contributed by atoms with Gasteiger partial charge in [0, 0.05) is 17.5 Å². The summed E-state index contributed by atoms with van der Waals surface area (Å²) in [7, 11) is -3.88. The number of piperidine rings is 1. The highest BCUT2D eigenvalue weighted by molar-refractivity contribution is 7.99. The minimum atomic E-state index is -3.88. The van der Waals surface area contributed by atoms with Gasteiger partial charge >= 0.3 is 5.97 Å². The van der Waals surface area contributed by atoms with Crippen LogP contribution in [0.4, 0.5) is 0 Å². The van der Waals surface area contributed by atoms with Crippen LogP contribution in [0.5, 0.6) is 0 Å². The molecule has 0 unspecified atom stereocenters. The first kappa shape index (κ1) is 27.4. The van der Waals surface area contributed by atoms with Gasteiger partial charge in [0.05, 0.1) is 16.9 Å². The number of hydrogen-bond acceptors (Lipinski definition) is 4. The molecule has 5 nitrogen and oxygen atoms in total. The molecular formula is C30H35NO4S2. The van der Waals surface area contributed by atoms with Gasteiger partial charge in [-0.3, -0.25) is 4.79 Å². The maximum Gasteiger partial charge on any atom is 0.308 e. The average Bonchev–Trinajstić information content (AvgIpc) is 2.87. The van der Waals surface area contributed by atoms with Crippen molar-refractivity contribution in [3.8, 4) is 0 Å². The Morgan fingerprint density at radius 1 is 0.973 bits per heavy atom. The summed E-state index contributed by atoms with van der Waals surface area (Å²) in [5.41, 5.74) is 4.43. The number of carbonyl (C=O) groups is 1. The lowest BCUT2D eigenvalue weighted by Gasteiger charge is -2.41. The molecule has 1 aliphatic heterocycles. The molecule has 7 heteroatoms. The summed E-state index contributed by atoms with van der Waals surface area (Å²) in [6, 6.07) is 24.2. The number of aliphatic carboxylic acids is 1. The van der Waals surface area contributed by atoms with Crippen LogP contribution in [-0.2, 0) is 26.0 Å². The molecule has 0 amide bonds. The van der Waals surface area contributed by atoms with Crippen molar-refractivity contribution in [2.45, 2.75) is 61.5 Å². The third-order valence-corrected chi connectivity index (χ3v) is 10.4. The predicted molar refractivity (Wildman–Crippen MR) is 150 cm³/mol. The number of sulfonamides is 1. The standard InChI is InChI=1S/C30H35NO4S2/c1-21-10-14-23(15-11-21)27-18-28(36-20-22-12-16-24(17-13-22)30(2,3)4)26(29(32)33)19-31(27)37(34,35)25-8-6-5-7-9-25/h5-17,26-28H,18-20H2,1-4H3,(H,32,33)/t26-,27+,28-/m1/s1. The SMILES string of the molecule is Cc1ccc([C@@H]2C[C@@H](SCc3ccc(C(C)(C)C)cc3)[C@H](C(=O)O)CN2S(=O)(=O)c2ccccc2)cc1. The van der Waals surface area contributed by atoms with Crippen molar-refractivity contribution >= 4 is 27.8 Å². The number of hydrogen-bond donors (Lipinski definition) is 1. The van der Waals surface area contributed by atoms with Gasteiger partial charge in [0.15, 0.2) is 0 Å². The normalized spacial score (nSPS) is 21.0. The molecular weight excluding hydrogens is 502 g/mol. The van der Waals surface area contributed by atoms with E-state index in [1.54, 1.807) is 42.1 Å². The van der Waals surface area contributed by atoms with Crippen LogP contribution in [-0.4, -0.2) is 35.6 Å².